The van der Waals surface area contributed by atoms with E-state index in [1.165, 1.54) is 0 Å². The molecule has 116 valence electrons. The molecule has 22 heavy (non-hydrogen) atoms. The maximum absolute atomic E-state index is 12.1. The first kappa shape index (κ1) is 16.4. The van der Waals surface area contributed by atoms with Crippen LogP contribution in [0.15, 0.2) is 48.5 Å². The van der Waals surface area contributed by atoms with E-state index in [4.69, 9.17) is 16.3 Å². The number of benzene rings is 2. The number of halogens is 1. The summed E-state index contributed by atoms with van der Waals surface area (Å²) in [7, 11) is 0. The van der Waals surface area contributed by atoms with Gasteiger partial charge in [0.15, 0.2) is 0 Å². The Bertz CT molecular complexity index is 640. The quantitative estimate of drug-likeness (QED) is 0.862. The number of hydrogen-bond donors (Lipinski definition) is 1. The lowest BCUT2D eigenvalue weighted by atomic mass is 10.1. The highest BCUT2D eigenvalue weighted by Gasteiger charge is 2.07. The largest absolute Gasteiger partial charge is 0.487 e. The van der Waals surface area contributed by atoms with Crippen LogP contribution < -0.4 is 10.1 Å². The lowest BCUT2D eigenvalue weighted by molar-refractivity contribution is 0.0949. The molecule has 0 aliphatic carbocycles. The van der Waals surface area contributed by atoms with Crippen molar-refractivity contribution in [1.82, 2.24) is 5.32 Å². The monoisotopic (exact) mass is 317 g/mol. The maximum Gasteiger partial charge on any atom is 0.251 e. The van der Waals surface area contributed by atoms with Gasteiger partial charge in [-0.05, 0) is 35.7 Å². The number of nitrogens with one attached hydrogen (secondary N) is 1. The second kappa shape index (κ2) is 7.85. The number of para-hydroxylation sites is 1. The Balaban J connectivity index is 1.99. The van der Waals surface area contributed by atoms with Crippen molar-refractivity contribution >= 4 is 17.5 Å². The van der Waals surface area contributed by atoms with Gasteiger partial charge in [-0.25, -0.2) is 0 Å². The van der Waals surface area contributed by atoms with Gasteiger partial charge in [-0.3, -0.25) is 4.79 Å². The van der Waals surface area contributed by atoms with Crippen LogP contribution >= 0.6 is 11.6 Å². The highest BCUT2D eigenvalue weighted by atomic mass is 35.5. The average Bonchev–Trinajstić information content (AvgIpc) is 2.52. The van der Waals surface area contributed by atoms with Crippen LogP contribution in [0.5, 0.6) is 5.75 Å². The molecule has 0 aliphatic heterocycles. The minimum atomic E-state index is -0.0618. The molecule has 0 atom stereocenters. The highest BCUT2D eigenvalue weighted by Crippen LogP contribution is 2.24. The Morgan fingerprint density at radius 1 is 1.18 bits per heavy atom. The molecule has 3 nitrogen and oxygen atoms in total. The highest BCUT2D eigenvalue weighted by molar-refractivity contribution is 6.32. The molecule has 0 unspecified atom stereocenters. The summed E-state index contributed by atoms with van der Waals surface area (Å²) in [6.45, 7) is 5.16. The average molecular weight is 318 g/mol. The molecule has 0 aliphatic rings. The summed E-state index contributed by atoms with van der Waals surface area (Å²) in [5, 5.41) is 3.48. The summed E-state index contributed by atoms with van der Waals surface area (Å²) in [4.78, 5) is 12.1. The molecule has 0 heterocycles. The van der Waals surface area contributed by atoms with E-state index in [-0.39, 0.29) is 5.91 Å². The Hall–Kier alpha value is -2.00. The number of amides is 1. The van der Waals surface area contributed by atoms with Crippen molar-refractivity contribution in [3.63, 3.8) is 0 Å². The predicted molar refractivity (Wildman–Crippen MR) is 89.4 cm³/mol. The Labute approximate surface area is 136 Å². The molecule has 0 bridgehead atoms. The minimum absolute atomic E-state index is 0.0618. The standard InChI is InChI=1S/C18H20ClNO2/c1-13(2)11-20-18(21)15-7-5-6-14(10-15)12-22-17-9-4-3-8-16(17)19/h3-10,13H,11-12H2,1-2H3,(H,20,21). The molecular weight excluding hydrogens is 298 g/mol. The lowest BCUT2D eigenvalue weighted by Gasteiger charge is -2.10. The second-order valence-corrected chi connectivity index (χ2v) is 5.93. The summed E-state index contributed by atoms with van der Waals surface area (Å²) in [5.74, 6) is 1.00. The van der Waals surface area contributed by atoms with Gasteiger partial charge in [0.25, 0.3) is 5.91 Å². The summed E-state index contributed by atoms with van der Waals surface area (Å²) in [5.41, 5.74) is 1.57. The number of carbonyl (C=O) groups is 1. The number of hydrogen-bond acceptors (Lipinski definition) is 2. The van der Waals surface area contributed by atoms with E-state index in [2.05, 4.69) is 19.2 Å². The lowest BCUT2D eigenvalue weighted by Crippen LogP contribution is -2.27. The van der Waals surface area contributed by atoms with Gasteiger partial charge < -0.3 is 10.1 Å². The molecule has 0 aromatic heterocycles. The van der Waals surface area contributed by atoms with E-state index in [0.29, 0.717) is 35.4 Å². The van der Waals surface area contributed by atoms with Crippen molar-refractivity contribution in [3.05, 3.63) is 64.7 Å². The topological polar surface area (TPSA) is 38.3 Å². The smallest absolute Gasteiger partial charge is 0.251 e. The van der Waals surface area contributed by atoms with E-state index < -0.39 is 0 Å². The summed E-state index contributed by atoms with van der Waals surface area (Å²) >= 11 is 6.05. The summed E-state index contributed by atoms with van der Waals surface area (Å²) in [6.07, 6.45) is 0. The van der Waals surface area contributed by atoms with E-state index in [0.717, 1.165) is 5.56 Å². The van der Waals surface area contributed by atoms with Gasteiger partial charge in [0.05, 0.1) is 5.02 Å². The van der Waals surface area contributed by atoms with Crippen molar-refractivity contribution in [3.8, 4) is 5.75 Å². The zero-order valence-electron chi connectivity index (χ0n) is 12.8. The normalized spacial score (nSPS) is 10.5. The van der Waals surface area contributed by atoms with Crippen LogP contribution in [0.1, 0.15) is 29.8 Å². The van der Waals surface area contributed by atoms with Gasteiger partial charge in [0.2, 0.25) is 0 Å². The zero-order valence-corrected chi connectivity index (χ0v) is 13.6. The van der Waals surface area contributed by atoms with Crippen LogP contribution in [0.3, 0.4) is 0 Å². The molecule has 0 fully saturated rings. The predicted octanol–water partition coefficient (Wildman–Crippen LogP) is 4.30. The third kappa shape index (κ3) is 4.78. The molecule has 2 aromatic carbocycles. The molecule has 0 spiro atoms. The van der Waals surface area contributed by atoms with Crippen LogP contribution in [-0.4, -0.2) is 12.5 Å². The van der Waals surface area contributed by atoms with Crippen molar-refractivity contribution in [2.75, 3.05) is 6.54 Å². The first-order valence-electron chi connectivity index (χ1n) is 7.30. The third-order valence-corrected chi connectivity index (χ3v) is 3.40. The second-order valence-electron chi connectivity index (χ2n) is 5.52. The van der Waals surface area contributed by atoms with Gasteiger partial charge in [-0.2, -0.15) is 0 Å². The van der Waals surface area contributed by atoms with Gasteiger partial charge >= 0.3 is 0 Å². The fourth-order valence-electron chi connectivity index (χ4n) is 1.92. The molecule has 0 radical (unpaired) electrons. The summed E-state index contributed by atoms with van der Waals surface area (Å²) < 4.78 is 5.69. The first-order chi connectivity index (χ1) is 10.6. The molecule has 1 N–H and O–H groups in total. The van der Waals surface area contributed by atoms with E-state index in [1.54, 1.807) is 12.1 Å². The van der Waals surface area contributed by atoms with Crippen LogP contribution in [-0.2, 0) is 6.61 Å². The molecule has 0 saturated carbocycles. The SMILES string of the molecule is CC(C)CNC(=O)c1cccc(COc2ccccc2Cl)c1. The van der Waals surface area contributed by atoms with E-state index in [9.17, 15) is 4.79 Å². The Kier molecular flexibility index (Phi) is 5.84. The van der Waals surface area contributed by atoms with Crippen molar-refractivity contribution in [2.24, 2.45) is 5.92 Å². The Morgan fingerprint density at radius 3 is 2.68 bits per heavy atom. The number of carbonyl (C=O) groups excluding carboxylic acids is 1. The van der Waals surface area contributed by atoms with E-state index >= 15 is 0 Å². The van der Waals surface area contributed by atoms with Crippen LogP contribution in [0.25, 0.3) is 0 Å². The molecule has 2 rings (SSSR count). The van der Waals surface area contributed by atoms with Crippen molar-refractivity contribution < 1.29 is 9.53 Å². The van der Waals surface area contributed by atoms with Gasteiger partial charge in [0, 0.05) is 12.1 Å². The molecule has 2 aromatic rings. The Morgan fingerprint density at radius 2 is 1.95 bits per heavy atom. The third-order valence-electron chi connectivity index (χ3n) is 3.09. The first-order valence-corrected chi connectivity index (χ1v) is 7.68. The van der Waals surface area contributed by atoms with Crippen LogP contribution in [0.4, 0.5) is 0 Å². The fourth-order valence-corrected chi connectivity index (χ4v) is 2.11. The maximum atomic E-state index is 12.1. The molecule has 1 amide bonds. The minimum Gasteiger partial charge on any atom is -0.487 e. The number of rotatable bonds is 6. The van der Waals surface area contributed by atoms with Crippen LogP contribution in [0, 0.1) is 5.92 Å². The molecular formula is C18H20ClNO2. The number of ether oxygens (including phenoxy) is 1. The van der Waals surface area contributed by atoms with Crippen molar-refractivity contribution in [2.45, 2.75) is 20.5 Å². The van der Waals surface area contributed by atoms with Gasteiger partial charge in [0.1, 0.15) is 12.4 Å². The zero-order chi connectivity index (χ0) is 15.9. The van der Waals surface area contributed by atoms with E-state index in [1.807, 2.05) is 36.4 Å². The van der Waals surface area contributed by atoms with Gasteiger partial charge in [-0.1, -0.05) is 49.7 Å². The van der Waals surface area contributed by atoms with Crippen LogP contribution in [0.2, 0.25) is 5.02 Å². The molecule has 4 heteroatoms. The van der Waals surface area contributed by atoms with Gasteiger partial charge in [-0.15, -0.1) is 0 Å². The summed E-state index contributed by atoms with van der Waals surface area (Å²) in [6, 6.07) is 14.8. The fraction of sp³-hybridized carbons (Fsp3) is 0.278. The molecule has 0 saturated heterocycles. The van der Waals surface area contributed by atoms with Crippen molar-refractivity contribution in [1.29, 1.82) is 0 Å².